The van der Waals surface area contributed by atoms with E-state index in [0.717, 1.165) is 19.4 Å². The van der Waals surface area contributed by atoms with Crippen molar-refractivity contribution in [3.63, 3.8) is 0 Å². The molecule has 1 aliphatic heterocycles. The standard InChI is InChI=1S/C8H16O3/c1-9-8(10-2)6-7-4-3-5-11-7/h7-8H,3-6H2,1-2H3. The van der Waals surface area contributed by atoms with Crippen molar-refractivity contribution in [1.82, 2.24) is 0 Å². The monoisotopic (exact) mass is 160 g/mol. The van der Waals surface area contributed by atoms with E-state index >= 15 is 0 Å². The van der Waals surface area contributed by atoms with Crippen LogP contribution in [0.15, 0.2) is 0 Å². The van der Waals surface area contributed by atoms with Crippen LogP contribution >= 0.6 is 0 Å². The maximum Gasteiger partial charge on any atom is 0.159 e. The van der Waals surface area contributed by atoms with Crippen LogP contribution in [-0.2, 0) is 14.2 Å². The van der Waals surface area contributed by atoms with E-state index in [4.69, 9.17) is 14.2 Å². The Morgan fingerprint density at radius 1 is 1.45 bits per heavy atom. The van der Waals surface area contributed by atoms with Gasteiger partial charge >= 0.3 is 0 Å². The van der Waals surface area contributed by atoms with Crippen LogP contribution in [0.3, 0.4) is 0 Å². The number of hydrogen-bond donors (Lipinski definition) is 0. The summed E-state index contributed by atoms with van der Waals surface area (Å²) in [6.07, 6.45) is 3.42. The Labute approximate surface area is 67.6 Å². The van der Waals surface area contributed by atoms with Crippen molar-refractivity contribution < 1.29 is 14.2 Å². The highest BCUT2D eigenvalue weighted by molar-refractivity contribution is 4.65. The zero-order valence-corrected chi connectivity index (χ0v) is 7.21. The fourth-order valence-electron chi connectivity index (χ4n) is 1.33. The zero-order chi connectivity index (χ0) is 8.10. The predicted octanol–water partition coefficient (Wildman–Crippen LogP) is 1.17. The highest BCUT2D eigenvalue weighted by Crippen LogP contribution is 2.17. The summed E-state index contributed by atoms with van der Waals surface area (Å²) in [6.45, 7) is 0.894. The topological polar surface area (TPSA) is 27.7 Å². The van der Waals surface area contributed by atoms with Crippen LogP contribution in [0.2, 0.25) is 0 Å². The van der Waals surface area contributed by atoms with Gasteiger partial charge in [-0.1, -0.05) is 0 Å². The van der Waals surface area contributed by atoms with E-state index in [0.29, 0.717) is 6.10 Å². The van der Waals surface area contributed by atoms with Crippen molar-refractivity contribution >= 4 is 0 Å². The summed E-state index contributed by atoms with van der Waals surface area (Å²) in [6, 6.07) is 0. The molecule has 1 saturated heterocycles. The summed E-state index contributed by atoms with van der Waals surface area (Å²) in [7, 11) is 3.31. The third-order valence-corrected chi connectivity index (χ3v) is 2.01. The van der Waals surface area contributed by atoms with Crippen molar-refractivity contribution in [2.24, 2.45) is 0 Å². The normalized spacial score (nSPS) is 24.8. The zero-order valence-electron chi connectivity index (χ0n) is 7.21. The van der Waals surface area contributed by atoms with Gasteiger partial charge in [-0.2, -0.15) is 0 Å². The molecule has 11 heavy (non-hydrogen) atoms. The summed E-state index contributed by atoms with van der Waals surface area (Å²) < 4.78 is 15.5. The molecule has 0 aromatic carbocycles. The maximum atomic E-state index is 5.43. The molecule has 3 nitrogen and oxygen atoms in total. The summed E-state index contributed by atoms with van der Waals surface area (Å²) in [5.41, 5.74) is 0. The van der Waals surface area contributed by atoms with Gasteiger partial charge < -0.3 is 14.2 Å². The van der Waals surface area contributed by atoms with Gasteiger partial charge in [0.2, 0.25) is 0 Å². The molecule has 0 saturated carbocycles. The van der Waals surface area contributed by atoms with E-state index in [1.54, 1.807) is 14.2 Å². The van der Waals surface area contributed by atoms with Gasteiger partial charge in [0.15, 0.2) is 6.29 Å². The third kappa shape index (κ3) is 2.77. The van der Waals surface area contributed by atoms with Crippen LogP contribution < -0.4 is 0 Å². The van der Waals surface area contributed by atoms with Crippen molar-refractivity contribution in [1.29, 1.82) is 0 Å². The minimum absolute atomic E-state index is 0.0990. The van der Waals surface area contributed by atoms with Crippen molar-refractivity contribution in [3.05, 3.63) is 0 Å². The molecule has 0 aliphatic carbocycles. The lowest BCUT2D eigenvalue weighted by molar-refractivity contribution is -0.124. The largest absolute Gasteiger partial charge is 0.378 e. The van der Waals surface area contributed by atoms with Gasteiger partial charge in [0.1, 0.15) is 0 Å². The molecule has 0 aromatic heterocycles. The molecular formula is C8H16O3. The number of methoxy groups -OCH3 is 2. The first kappa shape index (κ1) is 8.97. The SMILES string of the molecule is COC(CC1CCCO1)OC. The molecule has 0 radical (unpaired) electrons. The van der Waals surface area contributed by atoms with Crippen LogP contribution in [0.5, 0.6) is 0 Å². The Kier molecular flexibility index (Phi) is 3.83. The highest BCUT2D eigenvalue weighted by atomic mass is 16.7. The van der Waals surface area contributed by atoms with Crippen LogP contribution in [-0.4, -0.2) is 33.2 Å². The minimum Gasteiger partial charge on any atom is -0.378 e. The van der Waals surface area contributed by atoms with E-state index < -0.39 is 0 Å². The summed E-state index contributed by atoms with van der Waals surface area (Å²) >= 11 is 0. The predicted molar refractivity (Wildman–Crippen MR) is 41.4 cm³/mol. The van der Waals surface area contributed by atoms with Gasteiger partial charge in [-0.3, -0.25) is 0 Å². The first-order valence-corrected chi connectivity index (χ1v) is 4.04. The summed E-state index contributed by atoms with van der Waals surface area (Å²) in [4.78, 5) is 0. The first-order valence-electron chi connectivity index (χ1n) is 4.04. The van der Waals surface area contributed by atoms with E-state index in [9.17, 15) is 0 Å². The molecule has 0 N–H and O–H groups in total. The molecule has 1 aliphatic rings. The Hall–Kier alpha value is -0.120. The number of ether oxygens (including phenoxy) is 3. The van der Waals surface area contributed by atoms with E-state index in [1.807, 2.05) is 0 Å². The van der Waals surface area contributed by atoms with Crippen LogP contribution in [0.4, 0.5) is 0 Å². The summed E-state index contributed by atoms with van der Waals surface area (Å²) in [5, 5.41) is 0. The highest BCUT2D eigenvalue weighted by Gasteiger charge is 2.19. The van der Waals surface area contributed by atoms with Crippen LogP contribution in [0.1, 0.15) is 19.3 Å². The van der Waals surface area contributed by atoms with Crippen molar-refractivity contribution in [2.75, 3.05) is 20.8 Å². The van der Waals surface area contributed by atoms with Gasteiger partial charge in [-0.05, 0) is 12.8 Å². The Bertz CT molecular complexity index is 95.5. The van der Waals surface area contributed by atoms with Crippen molar-refractivity contribution in [3.8, 4) is 0 Å². The number of rotatable bonds is 4. The lowest BCUT2D eigenvalue weighted by atomic mass is 10.2. The average molecular weight is 160 g/mol. The molecule has 66 valence electrons. The van der Waals surface area contributed by atoms with E-state index in [2.05, 4.69) is 0 Å². The molecule has 0 bridgehead atoms. The maximum absolute atomic E-state index is 5.43. The fraction of sp³-hybridized carbons (Fsp3) is 1.00. The first-order chi connectivity index (χ1) is 5.36. The second-order valence-corrected chi connectivity index (χ2v) is 2.77. The minimum atomic E-state index is -0.0990. The van der Waals surface area contributed by atoms with Gasteiger partial charge in [-0.15, -0.1) is 0 Å². The molecule has 0 spiro atoms. The quantitative estimate of drug-likeness (QED) is 0.578. The molecule has 0 amide bonds. The molecule has 3 heteroatoms. The molecule has 1 heterocycles. The van der Waals surface area contributed by atoms with Gasteiger partial charge in [-0.25, -0.2) is 0 Å². The Morgan fingerprint density at radius 2 is 2.18 bits per heavy atom. The molecule has 0 aromatic rings. The molecule has 1 rings (SSSR count). The second kappa shape index (κ2) is 4.70. The molecule has 1 unspecified atom stereocenters. The van der Waals surface area contributed by atoms with E-state index in [1.165, 1.54) is 6.42 Å². The number of hydrogen-bond acceptors (Lipinski definition) is 3. The van der Waals surface area contributed by atoms with Crippen LogP contribution in [0, 0.1) is 0 Å². The fourth-order valence-corrected chi connectivity index (χ4v) is 1.33. The lowest BCUT2D eigenvalue weighted by Crippen LogP contribution is -2.20. The van der Waals surface area contributed by atoms with Crippen molar-refractivity contribution in [2.45, 2.75) is 31.7 Å². The molecular weight excluding hydrogens is 144 g/mol. The third-order valence-electron chi connectivity index (χ3n) is 2.01. The van der Waals surface area contributed by atoms with Crippen LogP contribution in [0.25, 0.3) is 0 Å². The molecule has 1 fully saturated rings. The Balaban J connectivity index is 2.16. The smallest absolute Gasteiger partial charge is 0.159 e. The van der Waals surface area contributed by atoms with E-state index in [-0.39, 0.29) is 6.29 Å². The second-order valence-electron chi connectivity index (χ2n) is 2.77. The Morgan fingerprint density at radius 3 is 2.64 bits per heavy atom. The van der Waals surface area contributed by atoms with Gasteiger partial charge in [0, 0.05) is 27.2 Å². The lowest BCUT2D eigenvalue weighted by Gasteiger charge is -2.16. The average Bonchev–Trinajstić information content (AvgIpc) is 2.52. The van der Waals surface area contributed by atoms with Gasteiger partial charge in [0.25, 0.3) is 0 Å². The summed E-state index contributed by atoms with van der Waals surface area (Å²) in [5.74, 6) is 0. The van der Waals surface area contributed by atoms with Gasteiger partial charge in [0.05, 0.1) is 6.10 Å². The molecule has 1 atom stereocenters.